The molecule has 1 aromatic carbocycles. The van der Waals surface area contributed by atoms with E-state index in [1.54, 1.807) is 10.8 Å². The van der Waals surface area contributed by atoms with Crippen LogP contribution in [0.4, 0.5) is 5.69 Å². The predicted octanol–water partition coefficient (Wildman–Crippen LogP) is 2.21. The van der Waals surface area contributed by atoms with Crippen molar-refractivity contribution in [3.05, 3.63) is 42.0 Å². The Hall–Kier alpha value is -2.15. The number of tetrazole rings is 1. The predicted molar refractivity (Wildman–Crippen MR) is 83.3 cm³/mol. The molecular formula is C14H17N5OS. The molecule has 6 nitrogen and oxygen atoms in total. The topological polar surface area (TPSA) is 72.7 Å². The highest BCUT2D eigenvalue weighted by atomic mass is 32.2. The fourth-order valence-electron chi connectivity index (χ4n) is 1.72. The van der Waals surface area contributed by atoms with E-state index in [9.17, 15) is 4.79 Å². The third kappa shape index (κ3) is 4.16. The Bertz CT molecular complexity index is 653. The Kier molecular flexibility index (Phi) is 5.10. The van der Waals surface area contributed by atoms with Crippen LogP contribution >= 0.6 is 11.8 Å². The molecule has 2 rings (SSSR count). The van der Waals surface area contributed by atoms with Gasteiger partial charge in [0.25, 0.3) is 0 Å². The Labute approximate surface area is 127 Å². The van der Waals surface area contributed by atoms with E-state index in [4.69, 9.17) is 0 Å². The molecule has 1 N–H and O–H groups in total. The number of nitrogens with zero attached hydrogens (tertiary/aromatic N) is 4. The molecule has 1 amide bonds. The van der Waals surface area contributed by atoms with Gasteiger partial charge in [0, 0.05) is 5.69 Å². The molecule has 0 spiro atoms. The first-order chi connectivity index (χ1) is 10.1. The Morgan fingerprint density at radius 1 is 1.48 bits per heavy atom. The number of thioether (sulfide) groups is 1. The number of carbonyl (C=O) groups is 1. The van der Waals surface area contributed by atoms with Crippen molar-refractivity contribution < 1.29 is 4.79 Å². The van der Waals surface area contributed by atoms with E-state index in [-0.39, 0.29) is 11.7 Å². The number of nitrogens with one attached hydrogen (secondary N) is 1. The van der Waals surface area contributed by atoms with E-state index in [0.717, 1.165) is 16.8 Å². The van der Waals surface area contributed by atoms with Gasteiger partial charge in [-0.15, -0.1) is 11.7 Å². The summed E-state index contributed by atoms with van der Waals surface area (Å²) < 4.78 is 1.60. The summed E-state index contributed by atoms with van der Waals surface area (Å²) in [5, 5.41) is 14.8. The quantitative estimate of drug-likeness (QED) is 0.654. The van der Waals surface area contributed by atoms with Gasteiger partial charge in [0.1, 0.15) is 0 Å². The summed E-state index contributed by atoms with van der Waals surface area (Å²) in [5.74, 6) is 0.173. The normalized spacial score (nSPS) is 10.4. The largest absolute Gasteiger partial charge is 0.325 e. The lowest BCUT2D eigenvalue weighted by molar-refractivity contribution is -0.113. The number of aromatic nitrogens is 4. The third-order valence-corrected chi connectivity index (χ3v) is 3.76. The number of allylic oxidation sites excluding steroid dienone is 1. The summed E-state index contributed by atoms with van der Waals surface area (Å²) in [6.45, 7) is 8.12. The van der Waals surface area contributed by atoms with Gasteiger partial charge in [0.2, 0.25) is 11.1 Å². The van der Waals surface area contributed by atoms with Gasteiger partial charge in [-0.3, -0.25) is 4.79 Å². The van der Waals surface area contributed by atoms with Crippen LogP contribution in [-0.4, -0.2) is 31.9 Å². The molecule has 1 aromatic heterocycles. The molecule has 0 saturated heterocycles. The van der Waals surface area contributed by atoms with Crippen molar-refractivity contribution in [1.29, 1.82) is 0 Å². The first-order valence-electron chi connectivity index (χ1n) is 6.47. The van der Waals surface area contributed by atoms with Crippen molar-refractivity contribution in [2.24, 2.45) is 0 Å². The number of carbonyl (C=O) groups excluding carboxylic acids is 1. The summed E-state index contributed by atoms with van der Waals surface area (Å²) in [7, 11) is 0. The second kappa shape index (κ2) is 7.03. The molecule has 0 atom stereocenters. The summed E-state index contributed by atoms with van der Waals surface area (Å²) in [6, 6.07) is 5.96. The molecule has 0 fully saturated rings. The fraction of sp³-hybridized carbons (Fsp3) is 0.286. The van der Waals surface area contributed by atoms with Crippen molar-refractivity contribution in [3.63, 3.8) is 0 Å². The van der Waals surface area contributed by atoms with E-state index in [1.807, 2.05) is 32.0 Å². The Morgan fingerprint density at radius 3 is 3.05 bits per heavy atom. The molecular weight excluding hydrogens is 286 g/mol. The highest BCUT2D eigenvalue weighted by Crippen LogP contribution is 2.18. The number of benzene rings is 1. The lowest BCUT2D eigenvalue weighted by atomic mass is 10.1. The molecule has 2 aromatic rings. The molecule has 21 heavy (non-hydrogen) atoms. The van der Waals surface area contributed by atoms with Crippen molar-refractivity contribution in [2.45, 2.75) is 25.5 Å². The minimum absolute atomic E-state index is 0.0816. The van der Waals surface area contributed by atoms with Crippen LogP contribution in [0.5, 0.6) is 0 Å². The number of hydrogen-bond acceptors (Lipinski definition) is 5. The van der Waals surface area contributed by atoms with Crippen molar-refractivity contribution >= 4 is 23.4 Å². The molecule has 0 aliphatic heterocycles. The van der Waals surface area contributed by atoms with Gasteiger partial charge in [-0.05, 0) is 41.5 Å². The minimum atomic E-state index is -0.0816. The smallest absolute Gasteiger partial charge is 0.234 e. The van der Waals surface area contributed by atoms with E-state index in [1.165, 1.54) is 11.8 Å². The molecule has 0 saturated carbocycles. The first kappa shape index (κ1) is 15.2. The van der Waals surface area contributed by atoms with Gasteiger partial charge in [-0.1, -0.05) is 30.0 Å². The third-order valence-electron chi connectivity index (χ3n) is 2.80. The highest BCUT2D eigenvalue weighted by molar-refractivity contribution is 7.99. The van der Waals surface area contributed by atoms with Crippen molar-refractivity contribution in [2.75, 3.05) is 11.1 Å². The van der Waals surface area contributed by atoms with Gasteiger partial charge >= 0.3 is 0 Å². The lowest BCUT2D eigenvalue weighted by Crippen LogP contribution is -2.15. The highest BCUT2D eigenvalue weighted by Gasteiger charge is 2.10. The van der Waals surface area contributed by atoms with Crippen LogP contribution in [0.1, 0.15) is 11.1 Å². The van der Waals surface area contributed by atoms with Gasteiger partial charge in [-0.25, -0.2) is 4.68 Å². The lowest BCUT2D eigenvalue weighted by Gasteiger charge is -2.09. The van der Waals surface area contributed by atoms with Crippen molar-refractivity contribution in [1.82, 2.24) is 20.2 Å². The average molecular weight is 303 g/mol. The van der Waals surface area contributed by atoms with Gasteiger partial charge in [0.15, 0.2) is 0 Å². The number of hydrogen-bond donors (Lipinski definition) is 1. The van der Waals surface area contributed by atoms with Crippen LogP contribution in [0.3, 0.4) is 0 Å². The van der Waals surface area contributed by atoms with Crippen LogP contribution in [0.2, 0.25) is 0 Å². The Morgan fingerprint density at radius 2 is 2.29 bits per heavy atom. The standard InChI is InChI=1S/C14H17N5OS/c1-4-7-19-14(16-17-18-19)21-9-13(20)15-12-8-10(2)5-6-11(12)3/h4-6,8H,1,7,9H2,2-3H3,(H,15,20). The van der Waals surface area contributed by atoms with E-state index in [2.05, 4.69) is 27.4 Å². The average Bonchev–Trinajstić information content (AvgIpc) is 2.88. The second-order valence-corrected chi connectivity index (χ2v) is 5.53. The van der Waals surface area contributed by atoms with Crippen molar-refractivity contribution in [3.8, 4) is 0 Å². The molecule has 110 valence electrons. The number of anilines is 1. The van der Waals surface area contributed by atoms with Crippen LogP contribution in [0.15, 0.2) is 36.0 Å². The molecule has 0 bridgehead atoms. The summed E-state index contributed by atoms with van der Waals surface area (Å²) in [4.78, 5) is 12.0. The molecule has 0 aliphatic rings. The van der Waals surface area contributed by atoms with E-state index < -0.39 is 0 Å². The SMILES string of the molecule is C=CCn1nnnc1SCC(=O)Nc1cc(C)ccc1C. The molecule has 7 heteroatoms. The molecule has 0 aliphatic carbocycles. The summed E-state index contributed by atoms with van der Waals surface area (Å²) in [5.41, 5.74) is 2.99. The monoisotopic (exact) mass is 303 g/mol. The minimum Gasteiger partial charge on any atom is -0.325 e. The molecule has 1 heterocycles. The maximum absolute atomic E-state index is 12.0. The molecule has 0 radical (unpaired) electrons. The maximum atomic E-state index is 12.0. The van der Waals surface area contributed by atoms with Crippen LogP contribution < -0.4 is 5.32 Å². The zero-order valence-corrected chi connectivity index (χ0v) is 12.9. The van der Waals surface area contributed by atoms with Gasteiger partial charge in [0.05, 0.1) is 12.3 Å². The second-order valence-electron chi connectivity index (χ2n) is 4.59. The van der Waals surface area contributed by atoms with E-state index in [0.29, 0.717) is 11.7 Å². The zero-order valence-electron chi connectivity index (χ0n) is 12.0. The zero-order chi connectivity index (χ0) is 15.2. The summed E-state index contributed by atoms with van der Waals surface area (Å²) in [6.07, 6.45) is 1.70. The van der Waals surface area contributed by atoms with Crippen LogP contribution in [0, 0.1) is 13.8 Å². The van der Waals surface area contributed by atoms with Gasteiger partial charge < -0.3 is 5.32 Å². The van der Waals surface area contributed by atoms with Gasteiger partial charge in [-0.2, -0.15) is 0 Å². The fourth-order valence-corrected chi connectivity index (χ4v) is 2.41. The van der Waals surface area contributed by atoms with Crippen LogP contribution in [-0.2, 0) is 11.3 Å². The van der Waals surface area contributed by atoms with E-state index >= 15 is 0 Å². The first-order valence-corrected chi connectivity index (χ1v) is 7.45. The number of aryl methyl sites for hydroxylation is 2. The van der Waals surface area contributed by atoms with Crippen LogP contribution in [0.25, 0.3) is 0 Å². The molecule has 0 unspecified atom stereocenters. The number of rotatable bonds is 6. The Balaban J connectivity index is 1.94. The number of amides is 1. The summed E-state index contributed by atoms with van der Waals surface area (Å²) >= 11 is 1.30. The maximum Gasteiger partial charge on any atom is 0.234 e.